The lowest BCUT2D eigenvalue weighted by atomic mass is 9.91. The molecule has 2 aliphatic heterocycles. The van der Waals surface area contributed by atoms with Crippen molar-refractivity contribution in [3.05, 3.63) is 47.5 Å². The molecule has 2 atom stereocenters. The van der Waals surface area contributed by atoms with Crippen LogP contribution >= 0.6 is 0 Å². The maximum atomic E-state index is 11.7. The molecule has 2 aromatic carbocycles. The third-order valence-electron chi connectivity index (χ3n) is 5.68. The number of likely N-dealkylation sites (tertiary alicyclic amines) is 1. The van der Waals surface area contributed by atoms with E-state index in [9.17, 15) is 9.90 Å². The first kappa shape index (κ1) is 20.3. The molecule has 1 saturated heterocycles. The first-order valence-corrected chi connectivity index (χ1v) is 10.3. The van der Waals surface area contributed by atoms with E-state index in [-0.39, 0.29) is 18.8 Å². The van der Waals surface area contributed by atoms with Gasteiger partial charge in [0.15, 0.2) is 23.0 Å². The Bertz CT molecular complexity index is 915. The van der Waals surface area contributed by atoms with Gasteiger partial charge in [-0.3, -0.25) is 9.69 Å². The third-order valence-corrected chi connectivity index (χ3v) is 5.68. The summed E-state index contributed by atoms with van der Waals surface area (Å²) in [5.41, 5.74) is 2.04. The van der Waals surface area contributed by atoms with Gasteiger partial charge in [0, 0.05) is 6.54 Å². The summed E-state index contributed by atoms with van der Waals surface area (Å²) in [4.78, 5) is 13.9. The number of ether oxygens (including phenoxy) is 4. The number of carboxylic acid groups (broad SMARTS) is 1. The summed E-state index contributed by atoms with van der Waals surface area (Å²) in [5, 5.41) is 9.58. The molecule has 0 aliphatic carbocycles. The molecule has 2 heterocycles. The van der Waals surface area contributed by atoms with Crippen molar-refractivity contribution in [3.8, 4) is 23.0 Å². The van der Waals surface area contributed by atoms with Gasteiger partial charge in [0.2, 0.25) is 6.79 Å². The van der Waals surface area contributed by atoms with Crippen LogP contribution in [0.3, 0.4) is 0 Å². The topological polar surface area (TPSA) is 77.5 Å². The van der Waals surface area contributed by atoms with Crippen LogP contribution in [0, 0.1) is 5.92 Å². The van der Waals surface area contributed by atoms with Crippen molar-refractivity contribution < 1.29 is 28.8 Å². The van der Waals surface area contributed by atoms with E-state index in [1.807, 2.05) is 43.3 Å². The summed E-state index contributed by atoms with van der Waals surface area (Å²) in [5.74, 6) is 1.67. The minimum Gasteiger partial charge on any atom is -0.493 e. The van der Waals surface area contributed by atoms with Crippen molar-refractivity contribution in [1.82, 2.24) is 4.90 Å². The molecule has 7 nitrogen and oxygen atoms in total. The summed E-state index contributed by atoms with van der Waals surface area (Å²) in [6, 6.07) is 11.7. The van der Waals surface area contributed by atoms with Gasteiger partial charge in [-0.15, -0.1) is 0 Å². The summed E-state index contributed by atoms with van der Waals surface area (Å²) < 4.78 is 22.3. The highest BCUT2D eigenvalue weighted by molar-refractivity contribution is 5.70. The fraction of sp³-hybridized carbons (Fsp3) is 0.435. The van der Waals surface area contributed by atoms with Gasteiger partial charge in [0.05, 0.1) is 25.7 Å². The number of piperidine rings is 1. The highest BCUT2D eigenvalue weighted by Crippen LogP contribution is 2.41. The Morgan fingerprint density at radius 2 is 1.93 bits per heavy atom. The fourth-order valence-corrected chi connectivity index (χ4v) is 4.27. The van der Waals surface area contributed by atoms with E-state index in [0.29, 0.717) is 36.8 Å². The van der Waals surface area contributed by atoms with Crippen LogP contribution in [0.1, 0.15) is 36.9 Å². The van der Waals surface area contributed by atoms with E-state index in [4.69, 9.17) is 18.9 Å². The highest BCUT2D eigenvalue weighted by Gasteiger charge is 2.32. The number of aliphatic carboxylic acids is 1. The van der Waals surface area contributed by atoms with Gasteiger partial charge in [0.25, 0.3) is 0 Å². The zero-order chi connectivity index (χ0) is 21.1. The number of carbonyl (C=O) groups is 1. The molecular weight excluding hydrogens is 386 g/mol. The number of methoxy groups -OCH3 is 1. The van der Waals surface area contributed by atoms with Crippen LogP contribution in [-0.2, 0) is 4.79 Å². The van der Waals surface area contributed by atoms with Crippen LogP contribution in [0.5, 0.6) is 23.0 Å². The maximum Gasteiger partial charge on any atom is 0.307 e. The van der Waals surface area contributed by atoms with E-state index in [1.165, 1.54) is 0 Å². The number of rotatable bonds is 7. The summed E-state index contributed by atoms with van der Waals surface area (Å²) >= 11 is 0. The van der Waals surface area contributed by atoms with Gasteiger partial charge in [-0.2, -0.15) is 0 Å². The minimum atomic E-state index is -0.742. The minimum absolute atomic E-state index is 0.133. The Labute approximate surface area is 176 Å². The Morgan fingerprint density at radius 3 is 2.70 bits per heavy atom. The quantitative estimate of drug-likeness (QED) is 0.741. The zero-order valence-corrected chi connectivity index (χ0v) is 17.3. The second kappa shape index (κ2) is 8.83. The molecular formula is C23H27NO6. The molecule has 0 amide bonds. The molecule has 1 fully saturated rings. The largest absolute Gasteiger partial charge is 0.493 e. The van der Waals surface area contributed by atoms with Crippen LogP contribution in [0.15, 0.2) is 36.4 Å². The lowest BCUT2D eigenvalue weighted by molar-refractivity contribution is -0.143. The van der Waals surface area contributed by atoms with Crippen molar-refractivity contribution in [3.63, 3.8) is 0 Å². The molecule has 30 heavy (non-hydrogen) atoms. The van der Waals surface area contributed by atoms with E-state index < -0.39 is 5.97 Å². The average molecular weight is 413 g/mol. The van der Waals surface area contributed by atoms with Gasteiger partial charge in [-0.1, -0.05) is 12.1 Å². The van der Waals surface area contributed by atoms with Crippen LogP contribution in [0.4, 0.5) is 0 Å². The average Bonchev–Trinajstić information content (AvgIpc) is 3.23. The van der Waals surface area contributed by atoms with Gasteiger partial charge in [-0.05, 0) is 61.7 Å². The fourth-order valence-electron chi connectivity index (χ4n) is 4.27. The Morgan fingerprint density at radius 1 is 1.17 bits per heavy atom. The van der Waals surface area contributed by atoms with Gasteiger partial charge < -0.3 is 24.1 Å². The molecule has 0 spiro atoms. The molecule has 7 heteroatoms. The predicted octanol–water partition coefficient (Wildman–Crippen LogP) is 3.71. The second-order valence-corrected chi connectivity index (χ2v) is 7.53. The molecule has 2 aliphatic rings. The lowest BCUT2D eigenvalue weighted by Crippen LogP contribution is -2.41. The standard InChI is InChI=1S/C23H27NO6/c1-3-28-18-8-6-15(11-20(18)27-2)22(24-10-4-5-17(13-24)23(25)26)16-7-9-19-21(12-16)30-14-29-19/h6-9,11-12,17,22H,3-5,10,13-14H2,1-2H3,(H,25,26). The normalized spacial score (nSPS) is 19.3. The Kier molecular flexibility index (Phi) is 5.99. The molecule has 160 valence electrons. The predicted molar refractivity (Wildman–Crippen MR) is 111 cm³/mol. The van der Waals surface area contributed by atoms with Crippen LogP contribution in [-0.4, -0.2) is 49.6 Å². The Hall–Kier alpha value is -2.93. The van der Waals surface area contributed by atoms with Crippen molar-refractivity contribution in [2.24, 2.45) is 5.92 Å². The summed E-state index contributed by atoms with van der Waals surface area (Å²) in [6.07, 6.45) is 1.54. The van der Waals surface area contributed by atoms with E-state index in [0.717, 1.165) is 29.8 Å². The Balaban J connectivity index is 1.75. The van der Waals surface area contributed by atoms with E-state index in [1.54, 1.807) is 7.11 Å². The number of hydrogen-bond donors (Lipinski definition) is 1. The summed E-state index contributed by atoms with van der Waals surface area (Å²) in [6.45, 7) is 4.00. The molecule has 0 aromatic heterocycles. The third kappa shape index (κ3) is 4.03. The zero-order valence-electron chi connectivity index (χ0n) is 17.3. The smallest absolute Gasteiger partial charge is 0.307 e. The molecule has 0 saturated carbocycles. The van der Waals surface area contributed by atoms with Crippen molar-refractivity contribution in [2.75, 3.05) is 33.6 Å². The maximum absolute atomic E-state index is 11.7. The first-order chi connectivity index (χ1) is 14.6. The molecule has 2 aromatic rings. The van der Waals surface area contributed by atoms with Crippen LogP contribution in [0.25, 0.3) is 0 Å². The molecule has 2 unspecified atom stereocenters. The number of benzene rings is 2. The molecule has 0 radical (unpaired) electrons. The van der Waals surface area contributed by atoms with Gasteiger partial charge in [0.1, 0.15) is 0 Å². The van der Waals surface area contributed by atoms with Crippen molar-refractivity contribution in [2.45, 2.75) is 25.8 Å². The molecule has 1 N–H and O–H groups in total. The van der Waals surface area contributed by atoms with Crippen molar-refractivity contribution >= 4 is 5.97 Å². The molecule has 0 bridgehead atoms. The number of fused-ring (bicyclic) bond motifs is 1. The SMILES string of the molecule is CCOc1ccc(C(c2ccc3c(c2)OCO3)N2CCCC(C(=O)O)C2)cc1OC. The van der Waals surface area contributed by atoms with Gasteiger partial charge in [-0.25, -0.2) is 0 Å². The van der Waals surface area contributed by atoms with E-state index >= 15 is 0 Å². The summed E-state index contributed by atoms with van der Waals surface area (Å²) in [7, 11) is 1.62. The number of hydrogen-bond acceptors (Lipinski definition) is 6. The van der Waals surface area contributed by atoms with Crippen LogP contribution in [0.2, 0.25) is 0 Å². The van der Waals surface area contributed by atoms with Crippen molar-refractivity contribution in [1.29, 1.82) is 0 Å². The number of nitrogens with zero attached hydrogens (tertiary/aromatic N) is 1. The van der Waals surface area contributed by atoms with Crippen LogP contribution < -0.4 is 18.9 Å². The van der Waals surface area contributed by atoms with E-state index in [2.05, 4.69) is 4.90 Å². The monoisotopic (exact) mass is 413 g/mol. The number of carboxylic acids is 1. The van der Waals surface area contributed by atoms with Gasteiger partial charge >= 0.3 is 5.97 Å². The lowest BCUT2D eigenvalue weighted by Gasteiger charge is -2.37. The highest BCUT2D eigenvalue weighted by atomic mass is 16.7. The first-order valence-electron chi connectivity index (χ1n) is 10.3. The molecule has 4 rings (SSSR count). The second-order valence-electron chi connectivity index (χ2n) is 7.53.